The number of ether oxygens (including phenoxy) is 1. The Morgan fingerprint density at radius 1 is 1.23 bits per heavy atom. The van der Waals surface area contributed by atoms with E-state index in [1.807, 2.05) is 0 Å². The van der Waals surface area contributed by atoms with Crippen molar-refractivity contribution in [1.29, 1.82) is 0 Å². The molecule has 1 amide bonds. The third-order valence-electron chi connectivity index (χ3n) is 5.35. The van der Waals surface area contributed by atoms with E-state index in [0.717, 1.165) is 12.1 Å². The van der Waals surface area contributed by atoms with Crippen molar-refractivity contribution in [3.05, 3.63) is 80.2 Å². The van der Waals surface area contributed by atoms with Crippen LogP contribution in [0.25, 0.3) is 10.8 Å². The Morgan fingerprint density at radius 2 is 1.87 bits per heavy atom. The molecule has 3 N–H and O–H groups in total. The van der Waals surface area contributed by atoms with E-state index < -0.39 is 35.2 Å². The number of fused-ring (bicyclic) bond motifs is 3. The SMILES string of the molecule is CN(C(=O)C(N)c1ccc(Cl)cc1)[C@@H]1COCc2[nH]c(=O)c3cc(F)c(F)cc3c21. The smallest absolute Gasteiger partial charge is 0.256 e. The lowest BCUT2D eigenvalue weighted by Crippen LogP contribution is -2.42. The summed E-state index contributed by atoms with van der Waals surface area (Å²) in [4.78, 5) is 29.5. The first kappa shape index (κ1) is 20.5. The van der Waals surface area contributed by atoms with Gasteiger partial charge in [-0.3, -0.25) is 9.59 Å². The van der Waals surface area contributed by atoms with Crippen LogP contribution in [0.15, 0.2) is 41.2 Å². The Hall–Kier alpha value is -2.81. The molecule has 1 aromatic heterocycles. The molecule has 0 saturated heterocycles. The minimum absolute atomic E-state index is 0.00222. The standard InChI is InChI=1S/C21H18ClF2N3O3/c1-27(21(29)19(25)10-2-4-11(22)5-3-10)17-9-30-8-16-18(17)12-6-14(23)15(24)7-13(12)20(28)26-16/h2-7,17,19H,8-9,25H2,1H3,(H,26,28)/t17-,19?/m1/s1. The molecule has 1 unspecified atom stereocenters. The molecule has 0 spiro atoms. The Bertz CT molecular complexity index is 1200. The van der Waals surface area contributed by atoms with E-state index in [1.165, 1.54) is 4.90 Å². The first-order valence-electron chi connectivity index (χ1n) is 9.17. The second kappa shape index (κ2) is 7.79. The highest BCUT2D eigenvalue weighted by Crippen LogP contribution is 2.34. The van der Waals surface area contributed by atoms with Crippen molar-refractivity contribution < 1.29 is 18.3 Å². The van der Waals surface area contributed by atoms with Crippen molar-refractivity contribution in [2.24, 2.45) is 5.73 Å². The van der Waals surface area contributed by atoms with E-state index in [2.05, 4.69) is 4.98 Å². The minimum Gasteiger partial charge on any atom is -0.373 e. The molecule has 4 rings (SSSR count). The number of hydrogen-bond acceptors (Lipinski definition) is 4. The van der Waals surface area contributed by atoms with Crippen LogP contribution in [0.1, 0.15) is 28.9 Å². The molecule has 6 nitrogen and oxygen atoms in total. The summed E-state index contributed by atoms with van der Waals surface area (Å²) in [6.45, 7) is 0.198. The minimum atomic E-state index is -1.12. The summed E-state index contributed by atoms with van der Waals surface area (Å²) in [5.74, 6) is -2.60. The van der Waals surface area contributed by atoms with Gasteiger partial charge in [-0.05, 0) is 35.2 Å². The van der Waals surface area contributed by atoms with Crippen LogP contribution in [-0.4, -0.2) is 29.4 Å². The van der Waals surface area contributed by atoms with Crippen molar-refractivity contribution in [3.8, 4) is 0 Å². The van der Waals surface area contributed by atoms with Gasteiger partial charge in [0.2, 0.25) is 5.91 Å². The first-order chi connectivity index (χ1) is 14.3. The van der Waals surface area contributed by atoms with Gasteiger partial charge in [-0.1, -0.05) is 23.7 Å². The van der Waals surface area contributed by atoms with Gasteiger partial charge in [-0.25, -0.2) is 8.78 Å². The molecule has 0 aliphatic carbocycles. The molecular formula is C21H18ClF2N3O3. The fourth-order valence-electron chi connectivity index (χ4n) is 3.73. The molecule has 1 aliphatic heterocycles. The average Bonchev–Trinajstić information content (AvgIpc) is 2.73. The molecule has 156 valence electrons. The number of pyridine rings is 1. The Balaban J connectivity index is 1.77. The number of amides is 1. The molecule has 0 radical (unpaired) electrons. The van der Waals surface area contributed by atoms with Crippen LogP contribution in [-0.2, 0) is 16.1 Å². The summed E-state index contributed by atoms with van der Waals surface area (Å²) in [5, 5.41) is 0.758. The van der Waals surface area contributed by atoms with E-state index in [-0.39, 0.29) is 24.0 Å². The lowest BCUT2D eigenvalue weighted by Gasteiger charge is -2.35. The van der Waals surface area contributed by atoms with Gasteiger partial charge < -0.3 is 20.4 Å². The third kappa shape index (κ3) is 3.47. The van der Waals surface area contributed by atoms with Crippen molar-refractivity contribution >= 4 is 28.3 Å². The molecule has 0 bridgehead atoms. The molecule has 9 heteroatoms. The summed E-state index contributed by atoms with van der Waals surface area (Å²) in [7, 11) is 1.55. The zero-order valence-electron chi connectivity index (χ0n) is 15.9. The van der Waals surface area contributed by atoms with Crippen molar-refractivity contribution in [2.45, 2.75) is 18.7 Å². The van der Waals surface area contributed by atoms with E-state index in [4.69, 9.17) is 22.1 Å². The number of halogens is 3. The molecule has 0 saturated carbocycles. The number of aromatic nitrogens is 1. The van der Waals surface area contributed by atoms with E-state index in [1.54, 1.807) is 31.3 Å². The van der Waals surface area contributed by atoms with Gasteiger partial charge in [-0.2, -0.15) is 0 Å². The zero-order chi connectivity index (χ0) is 21.6. The van der Waals surface area contributed by atoms with Crippen LogP contribution in [0.2, 0.25) is 5.02 Å². The number of hydrogen-bond donors (Lipinski definition) is 2. The Morgan fingerprint density at radius 3 is 2.53 bits per heavy atom. The number of aromatic amines is 1. The molecule has 3 aromatic rings. The highest BCUT2D eigenvalue weighted by molar-refractivity contribution is 6.30. The van der Waals surface area contributed by atoms with Crippen molar-refractivity contribution in [3.63, 3.8) is 0 Å². The Labute approximate surface area is 175 Å². The topological polar surface area (TPSA) is 88.4 Å². The van der Waals surface area contributed by atoms with Crippen LogP contribution in [0.3, 0.4) is 0 Å². The molecule has 30 heavy (non-hydrogen) atoms. The molecule has 2 aromatic carbocycles. The van der Waals surface area contributed by atoms with E-state index >= 15 is 0 Å². The second-order valence-corrected chi connectivity index (χ2v) is 7.60. The lowest BCUT2D eigenvalue weighted by atomic mass is 9.94. The number of carbonyl (C=O) groups excluding carboxylic acids is 1. The van der Waals surface area contributed by atoms with Gasteiger partial charge in [0.1, 0.15) is 6.04 Å². The largest absolute Gasteiger partial charge is 0.373 e. The first-order valence-corrected chi connectivity index (χ1v) is 9.55. The quantitative estimate of drug-likeness (QED) is 0.664. The van der Waals surface area contributed by atoms with Gasteiger partial charge in [-0.15, -0.1) is 0 Å². The van der Waals surface area contributed by atoms with Gasteiger partial charge in [0.05, 0.1) is 24.6 Å². The summed E-state index contributed by atoms with van der Waals surface area (Å²) >= 11 is 5.89. The lowest BCUT2D eigenvalue weighted by molar-refractivity contribution is -0.135. The maximum absolute atomic E-state index is 14.0. The van der Waals surface area contributed by atoms with Crippen LogP contribution in [0, 0.1) is 11.6 Å². The van der Waals surface area contributed by atoms with Gasteiger partial charge in [0, 0.05) is 23.3 Å². The summed E-state index contributed by atoms with van der Waals surface area (Å²) in [6.07, 6.45) is 0. The Kier molecular flexibility index (Phi) is 5.31. The second-order valence-electron chi connectivity index (χ2n) is 7.17. The number of H-pyrrole nitrogens is 1. The normalized spacial score (nSPS) is 16.9. The van der Waals surface area contributed by atoms with Crippen LogP contribution in [0.5, 0.6) is 0 Å². The van der Waals surface area contributed by atoms with Gasteiger partial charge >= 0.3 is 0 Å². The number of benzene rings is 2. The molecule has 1 aliphatic rings. The van der Waals surface area contributed by atoms with Crippen molar-refractivity contribution in [1.82, 2.24) is 9.88 Å². The van der Waals surface area contributed by atoms with Crippen molar-refractivity contribution in [2.75, 3.05) is 13.7 Å². The number of nitrogens with two attached hydrogens (primary N) is 1. The monoisotopic (exact) mass is 433 g/mol. The maximum atomic E-state index is 14.0. The average molecular weight is 434 g/mol. The predicted octanol–water partition coefficient (Wildman–Crippen LogP) is 3.19. The molecule has 0 fully saturated rings. The summed E-state index contributed by atoms with van der Waals surface area (Å²) in [6, 6.07) is 6.83. The predicted molar refractivity (Wildman–Crippen MR) is 108 cm³/mol. The van der Waals surface area contributed by atoms with Gasteiger partial charge in [0.25, 0.3) is 5.56 Å². The number of nitrogens with zero attached hydrogens (tertiary/aromatic N) is 1. The third-order valence-corrected chi connectivity index (χ3v) is 5.60. The maximum Gasteiger partial charge on any atom is 0.256 e. The molecular weight excluding hydrogens is 416 g/mol. The van der Waals surface area contributed by atoms with Crippen LogP contribution < -0.4 is 11.3 Å². The van der Waals surface area contributed by atoms with Crippen LogP contribution in [0.4, 0.5) is 8.78 Å². The molecule has 2 heterocycles. The fraction of sp³-hybridized carbons (Fsp3) is 0.238. The van der Waals surface area contributed by atoms with E-state index in [0.29, 0.717) is 21.8 Å². The summed E-state index contributed by atoms with van der Waals surface area (Å²) < 4.78 is 33.3. The fourth-order valence-corrected chi connectivity index (χ4v) is 3.86. The van der Waals surface area contributed by atoms with Gasteiger partial charge in [0.15, 0.2) is 11.6 Å². The van der Waals surface area contributed by atoms with E-state index in [9.17, 15) is 18.4 Å². The highest BCUT2D eigenvalue weighted by atomic mass is 35.5. The summed E-state index contributed by atoms with van der Waals surface area (Å²) in [5.41, 5.74) is 7.09. The zero-order valence-corrected chi connectivity index (χ0v) is 16.7. The number of carbonyl (C=O) groups is 1. The van der Waals surface area contributed by atoms with Crippen LogP contribution >= 0.6 is 11.6 Å². The highest BCUT2D eigenvalue weighted by Gasteiger charge is 2.33. The number of likely N-dealkylation sites (N-methyl/N-ethyl adjacent to an activating group) is 1. The molecule has 2 atom stereocenters. The number of nitrogens with one attached hydrogen (secondary N) is 1. The number of rotatable bonds is 3.